The highest BCUT2D eigenvalue weighted by Gasteiger charge is 2.37. The number of hydrogen-bond acceptors (Lipinski definition) is 4. The van der Waals surface area contributed by atoms with Crippen molar-refractivity contribution < 1.29 is 24.0 Å². The van der Waals surface area contributed by atoms with Crippen molar-refractivity contribution in [3.05, 3.63) is 0 Å². The maximum absolute atomic E-state index is 12.0. The summed E-state index contributed by atoms with van der Waals surface area (Å²) in [6.45, 7) is 0.742. The number of ether oxygens (including phenoxy) is 1. The van der Waals surface area contributed by atoms with Crippen LogP contribution in [0.25, 0.3) is 0 Å². The highest BCUT2D eigenvalue weighted by molar-refractivity contribution is 7.85. The molecule has 5 nitrogen and oxygen atoms in total. The van der Waals surface area contributed by atoms with Gasteiger partial charge in [0.25, 0.3) is 0 Å². The fourth-order valence-corrected chi connectivity index (χ4v) is 4.57. The number of hydrogen-bond donors (Lipinski definition) is 2. The van der Waals surface area contributed by atoms with Crippen LogP contribution in [0.3, 0.4) is 0 Å². The zero-order valence-electron chi connectivity index (χ0n) is 11.0. The van der Waals surface area contributed by atoms with Gasteiger partial charge in [-0.05, 0) is 38.5 Å². The molecule has 2 fully saturated rings. The Morgan fingerprint density at radius 3 is 2.53 bits per heavy atom. The van der Waals surface area contributed by atoms with Crippen LogP contribution in [-0.2, 0) is 20.3 Å². The van der Waals surface area contributed by atoms with Gasteiger partial charge in [0.15, 0.2) is 0 Å². The van der Waals surface area contributed by atoms with Crippen molar-refractivity contribution in [1.29, 1.82) is 0 Å². The molecule has 1 aliphatic carbocycles. The van der Waals surface area contributed by atoms with E-state index >= 15 is 0 Å². The second kappa shape index (κ2) is 6.33. The van der Waals surface area contributed by atoms with Crippen LogP contribution in [0.2, 0.25) is 0 Å². The summed E-state index contributed by atoms with van der Waals surface area (Å²) in [5.74, 6) is -0.404. The molecule has 2 rings (SSSR count). The average Bonchev–Trinajstić information content (AvgIpc) is 2.81. The smallest absolute Gasteiger partial charge is 0.306 e. The number of aliphatic carboxylic acids is 1. The van der Waals surface area contributed by atoms with E-state index in [0.717, 1.165) is 19.4 Å². The van der Waals surface area contributed by atoms with E-state index in [2.05, 4.69) is 0 Å². The van der Waals surface area contributed by atoms with E-state index in [0.29, 0.717) is 31.4 Å². The zero-order chi connectivity index (χ0) is 13.9. The molecule has 0 radical (unpaired) electrons. The SMILES string of the molecule is O=C(O)C1CCC(O)(CS(=O)CC2CCCO2)CC1. The average molecular weight is 290 g/mol. The van der Waals surface area contributed by atoms with Crippen LogP contribution in [-0.4, -0.2) is 50.2 Å². The topological polar surface area (TPSA) is 83.8 Å². The number of rotatable bonds is 5. The van der Waals surface area contributed by atoms with Crippen LogP contribution in [0.1, 0.15) is 38.5 Å². The Morgan fingerprint density at radius 2 is 2.00 bits per heavy atom. The zero-order valence-corrected chi connectivity index (χ0v) is 11.9. The third kappa shape index (κ3) is 4.26. The second-order valence-electron chi connectivity index (χ2n) is 5.72. The molecule has 110 valence electrons. The van der Waals surface area contributed by atoms with Gasteiger partial charge in [-0.15, -0.1) is 0 Å². The van der Waals surface area contributed by atoms with Crippen molar-refractivity contribution in [1.82, 2.24) is 0 Å². The lowest BCUT2D eigenvalue weighted by atomic mass is 9.80. The summed E-state index contributed by atoms with van der Waals surface area (Å²) >= 11 is 0. The molecule has 1 heterocycles. The summed E-state index contributed by atoms with van der Waals surface area (Å²) in [6, 6.07) is 0. The van der Waals surface area contributed by atoms with Gasteiger partial charge in [-0.1, -0.05) is 0 Å². The minimum Gasteiger partial charge on any atom is -0.481 e. The predicted molar refractivity (Wildman–Crippen MR) is 71.4 cm³/mol. The maximum atomic E-state index is 12.0. The van der Waals surface area contributed by atoms with E-state index in [4.69, 9.17) is 9.84 Å². The first kappa shape index (κ1) is 14.9. The fourth-order valence-electron chi connectivity index (χ4n) is 2.89. The molecule has 1 saturated heterocycles. The standard InChI is InChI=1S/C13H22O5S/c14-12(15)10-3-5-13(16,6-4-10)9-19(17)8-11-2-1-7-18-11/h10-11,16H,1-9H2,(H,14,15). The number of carboxylic acid groups (broad SMARTS) is 1. The normalized spacial score (nSPS) is 37.1. The van der Waals surface area contributed by atoms with E-state index in [-0.39, 0.29) is 17.8 Å². The van der Waals surface area contributed by atoms with Crippen molar-refractivity contribution >= 4 is 16.8 Å². The van der Waals surface area contributed by atoms with E-state index in [1.165, 1.54) is 0 Å². The summed E-state index contributed by atoms with van der Waals surface area (Å²) in [4.78, 5) is 10.9. The van der Waals surface area contributed by atoms with Gasteiger partial charge in [-0.3, -0.25) is 9.00 Å². The Kier molecular flexibility index (Phi) is 4.97. The molecule has 2 unspecified atom stereocenters. The van der Waals surface area contributed by atoms with Crippen LogP contribution in [0, 0.1) is 5.92 Å². The molecule has 0 aromatic carbocycles. The molecule has 2 N–H and O–H groups in total. The Bertz CT molecular complexity index is 343. The largest absolute Gasteiger partial charge is 0.481 e. The Hall–Kier alpha value is -0.460. The Labute approximate surface area is 115 Å². The van der Waals surface area contributed by atoms with Crippen LogP contribution in [0.4, 0.5) is 0 Å². The summed E-state index contributed by atoms with van der Waals surface area (Å²) in [5, 5.41) is 19.3. The van der Waals surface area contributed by atoms with Gasteiger partial charge in [0.1, 0.15) is 0 Å². The van der Waals surface area contributed by atoms with E-state index < -0.39 is 22.4 Å². The van der Waals surface area contributed by atoms with Crippen LogP contribution in [0.5, 0.6) is 0 Å². The summed E-state index contributed by atoms with van der Waals surface area (Å²) < 4.78 is 17.5. The molecule has 19 heavy (non-hydrogen) atoms. The number of aliphatic hydroxyl groups is 1. The quantitative estimate of drug-likeness (QED) is 0.786. The van der Waals surface area contributed by atoms with Crippen molar-refractivity contribution in [3.8, 4) is 0 Å². The molecule has 0 spiro atoms. The summed E-state index contributed by atoms with van der Waals surface area (Å²) in [5.41, 5.74) is -0.949. The number of carboxylic acids is 1. The van der Waals surface area contributed by atoms with Crippen molar-refractivity contribution in [2.75, 3.05) is 18.1 Å². The highest BCUT2D eigenvalue weighted by atomic mass is 32.2. The molecule has 1 aliphatic heterocycles. The van der Waals surface area contributed by atoms with Gasteiger partial charge in [0.2, 0.25) is 0 Å². The molecule has 1 saturated carbocycles. The molecule has 2 atom stereocenters. The first-order valence-corrected chi connectivity index (χ1v) is 8.39. The summed E-state index contributed by atoms with van der Waals surface area (Å²) in [7, 11) is -1.09. The second-order valence-corrected chi connectivity index (χ2v) is 7.22. The predicted octanol–water partition coefficient (Wildman–Crippen LogP) is 0.920. The fraction of sp³-hybridized carbons (Fsp3) is 0.923. The number of carbonyl (C=O) groups is 1. The van der Waals surface area contributed by atoms with E-state index in [1.807, 2.05) is 0 Å². The van der Waals surface area contributed by atoms with Gasteiger partial charge < -0.3 is 14.9 Å². The highest BCUT2D eigenvalue weighted by Crippen LogP contribution is 2.33. The van der Waals surface area contributed by atoms with E-state index in [9.17, 15) is 14.1 Å². The van der Waals surface area contributed by atoms with Crippen LogP contribution in [0.15, 0.2) is 0 Å². The van der Waals surface area contributed by atoms with Crippen molar-refractivity contribution in [2.45, 2.75) is 50.2 Å². The third-order valence-electron chi connectivity index (χ3n) is 4.09. The van der Waals surface area contributed by atoms with Crippen LogP contribution < -0.4 is 0 Å². The Morgan fingerprint density at radius 1 is 1.32 bits per heavy atom. The van der Waals surface area contributed by atoms with Gasteiger partial charge in [-0.2, -0.15) is 0 Å². The van der Waals surface area contributed by atoms with Gasteiger partial charge in [-0.25, -0.2) is 0 Å². The lowest BCUT2D eigenvalue weighted by Crippen LogP contribution is -2.41. The summed E-state index contributed by atoms with van der Waals surface area (Å²) in [6.07, 6.45) is 3.85. The molecule has 6 heteroatoms. The van der Waals surface area contributed by atoms with E-state index in [1.54, 1.807) is 0 Å². The van der Waals surface area contributed by atoms with Crippen LogP contribution >= 0.6 is 0 Å². The molecular formula is C13H22O5S. The Balaban J connectivity index is 1.78. The lowest BCUT2D eigenvalue weighted by Gasteiger charge is -2.34. The molecule has 0 bridgehead atoms. The van der Waals surface area contributed by atoms with Crippen molar-refractivity contribution in [2.24, 2.45) is 5.92 Å². The minimum atomic E-state index is -1.09. The molecule has 0 amide bonds. The molecular weight excluding hydrogens is 268 g/mol. The lowest BCUT2D eigenvalue weighted by molar-refractivity contribution is -0.144. The first-order valence-electron chi connectivity index (χ1n) is 6.90. The molecule has 0 aromatic heterocycles. The monoisotopic (exact) mass is 290 g/mol. The van der Waals surface area contributed by atoms with Gasteiger partial charge >= 0.3 is 5.97 Å². The molecule has 2 aliphatic rings. The first-order chi connectivity index (χ1) is 8.98. The minimum absolute atomic E-state index is 0.0693. The third-order valence-corrected chi connectivity index (χ3v) is 5.69. The molecule has 0 aromatic rings. The van der Waals surface area contributed by atoms with Gasteiger partial charge in [0, 0.05) is 23.2 Å². The maximum Gasteiger partial charge on any atom is 0.306 e. The van der Waals surface area contributed by atoms with Gasteiger partial charge in [0.05, 0.1) is 23.4 Å². The van der Waals surface area contributed by atoms with Crippen molar-refractivity contribution in [3.63, 3.8) is 0 Å².